The van der Waals surface area contributed by atoms with Crippen LogP contribution in [0, 0.1) is 5.92 Å². The van der Waals surface area contributed by atoms with Crippen LogP contribution in [0.25, 0.3) is 11.0 Å². The first kappa shape index (κ1) is 16.7. The molecule has 3 nitrogen and oxygen atoms in total. The molecular weight excluding hydrogens is 328 g/mol. The van der Waals surface area contributed by atoms with Crippen LogP contribution in [0.15, 0.2) is 53.6 Å². The highest BCUT2D eigenvalue weighted by molar-refractivity contribution is 7.90. The monoisotopic (exact) mass is 352 g/mol. The zero-order valence-electron chi connectivity index (χ0n) is 14.6. The van der Waals surface area contributed by atoms with Gasteiger partial charge in [-0.3, -0.25) is 0 Å². The molecule has 3 aromatic rings. The van der Waals surface area contributed by atoms with Crippen molar-refractivity contribution in [3.05, 3.63) is 59.9 Å². The van der Waals surface area contributed by atoms with E-state index in [1.165, 1.54) is 48.7 Å². The number of hydrogen-bond donors (Lipinski definition) is 1. The Morgan fingerprint density at radius 1 is 1.20 bits per heavy atom. The summed E-state index contributed by atoms with van der Waals surface area (Å²) in [7, 11) is 0. The SMILES string of the molecule is C[S+]([O-])c1ccc(C(CC2CCCC2)c2cc3cccnc3[nH]2)cc1. The summed E-state index contributed by atoms with van der Waals surface area (Å²) < 4.78 is 11.7. The van der Waals surface area contributed by atoms with Gasteiger partial charge in [0.25, 0.3) is 0 Å². The quantitative estimate of drug-likeness (QED) is 0.656. The van der Waals surface area contributed by atoms with Crippen molar-refractivity contribution in [2.24, 2.45) is 5.92 Å². The van der Waals surface area contributed by atoms with Crippen molar-refractivity contribution in [3.8, 4) is 0 Å². The second kappa shape index (κ2) is 7.22. The third-order valence-electron chi connectivity index (χ3n) is 5.45. The number of benzene rings is 1. The van der Waals surface area contributed by atoms with Crippen LogP contribution < -0.4 is 0 Å². The molecule has 1 saturated carbocycles. The first-order chi connectivity index (χ1) is 12.2. The summed E-state index contributed by atoms with van der Waals surface area (Å²) in [5.74, 6) is 1.14. The van der Waals surface area contributed by atoms with Crippen molar-refractivity contribution in [1.29, 1.82) is 0 Å². The maximum absolute atomic E-state index is 11.7. The number of nitrogens with one attached hydrogen (secondary N) is 1. The maximum Gasteiger partial charge on any atom is 0.152 e. The zero-order valence-corrected chi connectivity index (χ0v) is 15.4. The fraction of sp³-hybridized carbons (Fsp3) is 0.381. The minimum absolute atomic E-state index is 0.344. The third-order valence-corrected chi connectivity index (χ3v) is 6.38. The van der Waals surface area contributed by atoms with Gasteiger partial charge in [-0.2, -0.15) is 0 Å². The molecule has 1 aliphatic rings. The van der Waals surface area contributed by atoms with Gasteiger partial charge in [0.05, 0.1) is 0 Å². The summed E-state index contributed by atoms with van der Waals surface area (Å²) >= 11 is -0.929. The van der Waals surface area contributed by atoms with Gasteiger partial charge in [-0.05, 0) is 59.4 Å². The van der Waals surface area contributed by atoms with Crippen molar-refractivity contribution in [3.63, 3.8) is 0 Å². The van der Waals surface area contributed by atoms with Crippen LogP contribution in [-0.4, -0.2) is 20.8 Å². The van der Waals surface area contributed by atoms with Crippen molar-refractivity contribution >= 4 is 22.2 Å². The average molecular weight is 353 g/mol. The summed E-state index contributed by atoms with van der Waals surface area (Å²) in [4.78, 5) is 8.88. The number of pyridine rings is 1. The minimum Gasteiger partial charge on any atom is -0.612 e. The van der Waals surface area contributed by atoms with Crippen molar-refractivity contribution < 1.29 is 4.55 Å². The Kier molecular flexibility index (Phi) is 4.82. The highest BCUT2D eigenvalue weighted by atomic mass is 32.2. The van der Waals surface area contributed by atoms with E-state index in [0.717, 1.165) is 16.5 Å². The number of H-pyrrole nitrogens is 1. The van der Waals surface area contributed by atoms with E-state index in [4.69, 9.17) is 0 Å². The molecule has 1 aromatic carbocycles. The van der Waals surface area contributed by atoms with E-state index in [1.54, 1.807) is 6.26 Å². The fourth-order valence-electron chi connectivity index (χ4n) is 4.08. The zero-order chi connectivity index (χ0) is 17.2. The molecule has 4 rings (SSSR count). The Balaban J connectivity index is 1.69. The smallest absolute Gasteiger partial charge is 0.152 e. The number of aromatic nitrogens is 2. The van der Waals surface area contributed by atoms with Gasteiger partial charge < -0.3 is 9.54 Å². The van der Waals surface area contributed by atoms with Gasteiger partial charge in [0, 0.05) is 23.2 Å². The Bertz CT molecular complexity index is 801. The van der Waals surface area contributed by atoms with Gasteiger partial charge in [-0.15, -0.1) is 0 Å². The summed E-state index contributed by atoms with van der Waals surface area (Å²) in [5, 5.41) is 1.17. The molecule has 2 aromatic heterocycles. The van der Waals surface area contributed by atoms with Gasteiger partial charge in [-0.1, -0.05) is 37.8 Å². The van der Waals surface area contributed by atoms with Gasteiger partial charge >= 0.3 is 0 Å². The Hall–Kier alpha value is -1.78. The second-order valence-electron chi connectivity index (χ2n) is 7.13. The Labute approximate surface area is 152 Å². The van der Waals surface area contributed by atoms with Crippen LogP contribution in [0.3, 0.4) is 0 Å². The predicted octanol–water partition coefficient (Wildman–Crippen LogP) is 5.01. The van der Waals surface area contributed by atoms with E-state index in [2.05, 4.69) is 34.2 Å². The molecule has 25 heavy (non-hydrogen) atoms. The van der Waals surface area contributed by atoms with Crippen LogP contribution in [0.1, 0.15) is 49.3 Å². The normalized spacial score (nSPS) is 17.8. The highest BCUT2D eigenvalue weighted by Gasteiger charge is 2.24. The van der Waals surface area contributed by atoms with Crippen molar-refractivity contribution in [2.75, 3.05) is 6.26 Å². The van der Waals surface area contributed by atoms with Crippen LogP contribution in [0.4, 0.5) is 0 Å². The first-order valence-electron chi connectivity index (χ1n) is 9.08. The lowest BCUT2D eigenvalue weighted by atomic mass is 9.86. The molecule has 4 heteroatoms. The molecule has 1 fully saturated rings. The molecule has 0 amide bonds. The van der Waals surface area contributed by atoms with E-state index in [9.17, 15) is 4.55 Å². The largest absolute Gasteiger partial charge is 0.612 e. The molecule has 1 aliphatic carbocycles. The first-order valence-corrected chi connectivity index (χ1v) is 10.6. The van der Waals surface area contributed by atoms with Gasteiger partial charge in [-0.25, -0.2) is 4.98 Å². The fourth-order valence-corrected chi connectivity index (χ4v) is 4.60. The number of fused-ring (bicyclic) bond motifs is 1. The molecule has 1 N–H and O–H groups in total. The third kappa shape index (κ3) is 3.60. The van der Waals surface area contributed by atoms with E-state index >= 15 is 0 Å². The number of nitrogens with zero attached hydrogens (tertiary/aromatic N) is 1. The van der Waals surface area contributed by atoms with Crippen LogP contribution in [-0.2, 0) is 11.2 Å². The molecule has 0 radical (unpaired) electrons. The van der Waals surface area contributed by atoms with Crippen LogP contribution >= 0.6 is 0 Å². The molecule has 0 aliphatic heterocycles. The molecule has 130 valence electrons. The number of aromatic amines is 1. The molecule has 0 bridgehead atoms. The summed E-state index contributed by atoms with van der Waals surface area (Å²) in [6, 6.07) is 14.6. The maximum atomic E-state index is 11.7. The highest BCUT2D eigenvalue weighted by Crippen LogP contribution is 2.38. The van der Waals surface area contributed by atoms with Gasteiger partial charge in [0.1, 0.15) is 11.9 Å². The predicted molar refractivity (Wildman–Crippen MR) is 103 cm³/mol. The lowest BCUT2D eigenvalue weighted by Gasteiger charge is -2.20. The standard InChI is InChI=1S/C21H24N2OS/c1-25(24)18-10-8-16(9-11-18)19(13-15-5-2-3-6-15)20-14-17-7-4-12-22-21(17)23-20/h4,7-12,14-15,19H,2-3,5-6,13H2,1H3,(H,22,23). The van der Waals surface area contributed by atoms with E-state index in [-0.39, 0.29) is 0 Å². The molecule has 0 spiro atoms. The Morgan fingerprint density at radius 2 is 1.96 bits per heavy atom. The topological polar surface area (TPSA) is 51.7 Å². The van der Waals surface area contributed by atoms with Crippen LogP contribution in [0.2, 0.25) is 0 Å². The lowest BCUT2D eigenvalue weighted by Crippen LogP contribution is -2.08. The number of hydrogen-bond acceptors (Lipinski definition) is 2. The second-order valence-corrected chi connectivity index (χ2v) is 8.51. The molecule has 2 unspecified atom stereocenters. The molecule has 2 atom stereocenters. The molecular formula is C21H24N2OS. The van der Waals surface area contributed by atoms with E-state index < -0.39 is 11.2 Å². The Morgan fingerprint density at radius 3 is 2.64 bits per heavy atom. The number of rotatable bonds is 5. The average Bonchev–Trinajstić information content (AvgIpc) is 3.29. The van der Waals surface area contributed by atoms with Crippen molar-refractivity contribution in [1.82, 2.24) is 9.97 Å². The van der Waals surface area contributed by atoms with Gasteiger partial charge in [0.2, 0.25) is 0 Å². The van der Waals surface area contributed by atoms with Crippen LogP contribution in [0.5, 0.6) is 0 Å². The van der Waals surface area contributed by atoms with Crippen molar-refractivity contribution in [2.45, 2.75) is 42.9 Å². The van der Waals surface area contributed by atoms with E-state index in [0.29, 0.717) is 5.92 Å². The summed E-state index contributed by atoms with van der Waals surface area (Å²) in [6.07, 6.45) is 10.1. The summed E-state index contributed by atoms with van der Waals surface area (Å²) in [6.45, 7) is 0. The minimum atomic E-state index is -0.929. The lowest BCUT2D eigenvalue weighted by molar-refractivity contribution is 0.469. The molecule has 0 saturated heterocycles. The summed E-state index contributed by atoms with van der Waals surface area (Å²) in [5.41, 5.74) is 3.50. The molecule has 2 heterocycles. The van der Waals surface area contributed by atoms with Gasteiger partial charge in [0.15, 0.2) is 4.90 Å². The van der Waals surface area contributed by atoms with E-state index in [1.807, 2.05) is 24.4 Å².